The van der Waals surface area contributed by atoms with E-state index in [0.717, 1.165) is 4.31 Å². The molecule has 0 bridgehead atoms. The maximum absolute atomic E-state index is 12.6. The van der Waals surface area contributed by atoms with E-state index in [0.29, 0.717) is 15.6 Å². The van der Waals surface area contributed by atoms with Gasteiger partial charge in [0, 0.05) is 13.6 Å². The highest BCUT2D eigenvalue weighted by Crippen LogP contribution is 2.28. The smallest absolute Gasteiger partial charge is 0.207 e. The number of nitrogens with zero attached hydrogens (tertiary/aromatic N) is 2. The van der Waals surface area contributed by atoms with Crippen molar-refractivity contribution >= 4 is 33.2 Å². The van der Waals surface area contributed by atoms with Gasteiger partial charge in [0.2, 0.25) is 10.0 Å². The summed E-state index contributed by atoms with van der Waals surface area (Å²) in [6.07, 6.45) is 0. The van der Waals surface area contributed by atoms with Gasteiger partial charge in [-0.25, -0.2) is 8.42 Å². The molecule has 0 spiro atoms. The lowest BCUT2D eigenvalue weighted by Gasteiger charge is -2.19. The highest BCUT2D eigenvalue weighted by atomic mass is 35.5. The molecule has 0 fully saturated rings. The van der Waals surface area contributed by atoms with Crippen LogP contribution in [-0.4, -0.2) is 19.8 Å². The number of rotatable bonds is 4. The Morgan fingerprint density at radius 2 is 1.82 bits per heavy atom. The Morgan fingerprint density at radius 1 is 1.14 bits per heavy atom. The molecule has 0 N–H and O–H groups in total. The lowest BCUT2D eigenvalue weighted by molar-refractivity contribution is 0.466. The van der Waals surface area contributed by atoms with Crippen LogP contribution in [0.4, 0.5) is 0 Å². The molecule has 4 nitrogen and oxygen atoms in total. The van der Waals surface area contributed by atoms with Crippen molar-refractivity contribution in [2.24, 2.45) is 0 Å². The Bertz CT molecular complexity index is 845. The maximum atomic E-state index is 12.6. The summed E-state index contributed by atoms with van der Waals surface area (Å²) in [5, 5.41) is 9.74. The van der Waals surface area contributed by atoms with Crippen molar-refractivity contribution in [2.75, 3.05) is 7.05 Å². The second-order valence-corrected chi connectivity index (χ2v) is 7.38. The van der Waals surface area contributed by atoms with E-state index in [1.54, 1.807) is 30.3 Å². The quantitative estimate of drug-likeness (QED) is 0.840. The molecule has 0 heterocycles. The molecule has 0 aliphatic heterocycles. The van der Waals surface area contributed by atoms with Crippen molar-refractivity contribution in [3.63, 3.8) is 0 Å². The fourth-order valence-corrected chi connectivity index (χ4v) is 3.61. The first-order valence-electron chi connectivity index (χ1n) is 6.26. The van der Waals surface area contributed by atoms with Crippen molar-refractivity contribution in [3.8, 4) is 6.07 Å². The minimum absolute atomic E-state index is 0.0295. The second kappa shape index (κ2) is 6.67. The lowest BCUT2D eigenvalue weighted by atomic mass is 10.2. The maximum Gasteiger partial charge on any atom is 0.244 e. The third kappa shape index (κ3) is 3.26. The zero-order valence-corrected chi connectivity index (χ0v) is 14.0. The number of halogens is 2. The molecule has 0 atom stereocenters. The van der Waals surface area contributed by atoms with Crippen LogP contribution in [0.25, 0.3) is 0 Å². The van der Waals surface area contributed by atoms with Crippen LogP contribution in [0, 0.1) is 11.3 Å². The summed E-state index contributed by atoms with van der Waals surface area (Å²) in [4.78, 5) is -0.0295. The Balaban J connectivity index is 2.38. The van der Waals surface area contributed by atoms with Gasteiger partial charge in [0.1, 0.15) is 6.07 Å². The molecule has 0 amide bonds. The van der Waals surface area contributed by atoms with Crippen LogP contribution < -0.4 is 0 Å². The number of hydrogen-bond donors (Lipinski definition) is 0. The van der Waals surface area contributed by atoms with E-state index in [1.807, 2.05) is 6.07 Å². The van der Waals surface area contributed by atoms with Crippen LogP contribution >= 0.6 is 23.2 Å². The van der Waals surface area contributed by atoms with Gasteiger partial charge in [0.15, 0.2) is 0 Å². The van der Waals surface area contributed by atoms with Gasteiger partial charge in [0.25, 0.3) is 0 Å². The predicted octanol–water partition coefficient (Wildman–Crippen LogP) is 3.69. The van der Waals surface area contributed by atoms with Crippen LogP contribution in [0.3, 0.4) is 0 Å². The van der Waals surface area contributed by atoms with Gasteiger partial charge in [-0.05, 0) is 23.8 Å². The van der Waals surface area contributed by atoms with Gasteiger partial charge in [0.05, 0.1) is 20.5 Å². The molecule has 2 rings (SSSR count). The Morgan fingerprint density at radius 3 is 2.50 bits per heavy atom. The minimum atomic E-state index is -3.80. The number of benzene rings is 2. The van der Waals surface area contributed by atoms with Crippen LogP contribution in [0.15, 0.2) is 47.4 Å². The van der Waals surface area contributed by atoms with Crippen molar-refractivity contribution < 1.29 is 8.42 Å². The SMILES string of the molecule is CN(Cc1cccc(Cl)c1Cl)S(=O)(=O)c1ccccc1C#N. The summed E-state index contributed by atoms with van der Waals surface area (Å²) >= 11 is 12.0. The monoisotopic (exact) mass is 354 g/mol. The molecule has 0 saturated carbocycles. The zero-order valence-electron chi connectivity index (χ0n) is 11.6. The summed E-state index contributed by atoms with van der Waals surface area (Å²) in [6, 6.07) is 13.0. The van der Waals surface area contributed by atoms with Crippen LogP contribution in [-0.2, 0) is 16.6 Å². The molecule has 22 heavy (non-hydrogen) atoms. The number of nitriles is 1. The fraction of sp³-hybridized carbons (Fsp3) is 0.133. The lowest BCUT2D eigenvalue weighted by Crippen LogP contribution is -2.27. The van der Waals surface area contributed by atoms with Gasteiger partial charge in [-0.1, -0.05) is 47.5 Å². The number of hydrogen-bond acceptors (Lipinski definition) is 3. The first kappa shape index (κ1) is 16.8. The molecule has 0 aliphatic rings. The molecule has 2 aromatic carbocycles. The van der Waals surface area contributed by atoms with E-state index in [1.165, 1.54) is 19.2 Å². The van der Waals surface area contributed by atoms with Crippen molar-refractivity contribution in [1.29, 1.82) is 5.26 Å². The predicted molar refractivity (Wildman–Crippen MR) is 86.3 cm³/mol. The molecule has 7 heteroatoms. The zero-order chi connectivity index (χ0) is 16.3. The highest BCUT2D eigenvalue weighted by Gasteiger charge is 2.24. The summed E-state index contributed by atoms with van der Waals surface area (Å²) in [5.41, 5.74) is 0.696. The minimum Gasteiger partial charge on any atom is -0.207 e. The average Bonchev–Trinajstić information content (AvgIpc) is 2.51. The first-order chi connectivity index (χ1) is 10.4. The molecule has 114 valence electrons. The van der Waals surface area contributed by atoms with Gasteiger partial charge in [-0.15, -0.1) is 0 Å². The summed E-state index contributed by atoms with van der Waals surface area (Å²) < 4.78 is 26.4. The summed E-state index contributed by atoms with van der Waals surface area (Å²) in [5.74, 6) is 0. The van der Waals surface area contributed by atoms with E-state index in [-0.39, 0.29) is 17.0 Å². The van der Waals surface area contributed by atoms with Crippen LogP contribution in [0.1, 0.15) is 11.1 Å². The molecule has 0 unspecified atom stereocenters. The van der Waals surface area contributed by atoms with E-state index < -0.39 is 10.0 Å². The Kier molecular flexibility index (Phi) is 5.09. The Labute approximate surface area is 139 Å². The van der Waals surface area contributed by atoms with E-state index in [2.05, 4.69) is 0 Å². The van der Waals surface area contributed by atoms with Gasteiger partial charge >= 0.3 is 0 Å². The van der Waals surface area contributed by atoms with Gasteiger partial charge < -0.3 is 0 Å². The standard InChI is InChI=1S/C15H12Cl2N2O2S/c1-19(10-12-6-4-7-13(16)15(12)17)22(20,21)14-8-3-2-5-11(14)9-18/h2-8H,10H2,1H3. The largest absolute Gasteiger partial charge is 0.244 e. The third-order valence-corrected chi connectivity index (χ3v) is 5.84. The normalized spacial score (nSPS) is 11.4. The molecule has 0 aromatic heterocycles. The molecular formula is C15H12Cl2N2O2S. The summed E-state index contributed by atoms with van der Waals surface area (Å²) in [6.45, 7) is 0.0570. The van der Waals surface area contributed by atoms with Gasteiger partial charge in [-0.2, -0.15) is 9.57 Å². The highest BCUT2D eigenvalue weighted by molar-refractivity contribution is 7.89. The van der Waals surface area contributed by atoms with Crippen molar-refractivity contribution in [1.82, 2.24) is 4.31 Å². The summed E-state index contributed by atoms with van der Waals surface area (Å²) in [7, 11) is -2.37. The topological polar surface area (TPSA) is 61.2 Å². The molecule has 0 saturated heterocycles. The van der Waals surface area contributed by atoms with Crippen LogP contribution in [0.2, 0.25) is 10.0 Å². The third-order valence-electron chi connectivity index (χ3n) is 3.12. The van der Waals surface area contributed by atoms with Crippen molar-refractivity contribution in [3.05, 3.63) is 63.6 Å². The van der Waals surface area contributed by atoms with Crippen LogP contribution in [0.5, 0.6) is 0 Å². The van der Waals surface area contributed by atoms with E-state index in [4.69, 9.17) is 28.5 Å². The van der Waals surface area contributed by atoms with E-state index >= 15 is 0 Å². The Hall–Kier alpha value is -1.58. The van der Waals surface area contributed by atoms with Crippen molar-refractivity contribution in [2.45, 2.75) is 11.4 Å². The molecule has 0 aliphatic carbocycles. The molecule has 0 radical (unpaired) electrons. The second-order valence-electron chi connectivity index (χ2n) is 4.58. The molecule has 2 aromatic rings. The van der Waals surface area contributed by atoms with E-state index in [9.17, 15) is 8.42 Å². The molecular weight excluding hydrogens is 343 g/mol. The fourth-order valence-electron chi connectivity index (χ4n) is 1.95. The first-order valence-corrected chi connectivity index (χ1v) is 8.46. The van der Waals surface area contributed by atoms with Gasteiger partial charge in [-0.3, -0.25) is 0 Å². The average molecular weight is 355 g/mol. The number of sulfonamides is 1.